The molecule has 3 aromatic carbocycles. The molecular weight excluding hydrogens is 463 g/mol. The molecular formula is C26H24ClFO4S. The Morgan fingerprint density at radius 1 is 1.09 bits per heavy atom. The SMILES string of the molecule is C=C[C@H](COS(=O)(=O)c1ccc(C)cc1)Oc1c(C=CC)ccc(F)c1-c1ccccc1Cl. The highest BCUT2D eigenvalue weighted by molar-refractivity contribution is 7.86. The molecule has 3 aromatic rings. The van der Waals surface area contributed by atoms with Gasteiger partial charge in [0.25, 0.3) is 10.1 Å². The van der Waals surface area contributed by atoms with E-state index in [-0.39, 0.29) is 22.8 Å². The van der Waals surface area contributed by atoms with Gasteiger partial charge in [0.15, 0.2) is 0 Å². The predicted molar refractivity (Wildman–Crippen MR) is 130 cm³/mol. The average molecular weight is 487 g/mol. The molecule has 0 saturated heterocycles. The van der Waals surface area contributed by atoms with Crippen molar-refractivity contribution >= 4 is 27.8 Å². The van der Waals surface area contributed by atoms with Gasteiger partial charge in [-0.2, -0.15) is 8.42 Å². The van der Waals surface area contributed by atoms with Gasteiger partial charge in [-0.3, -0.25) is 4.18 Å². The standard InChI is InChI=1S/C26H24ClFO4S/c1-4-8-19-13-16-24(28)25(22-9-6-7-10-23(22)27)26(19)32-20(5-2)17-31-33(29,30)21-14-11-18(3)12-15-21/h4-16,20H,2,17H2,1,3H3/t20-/m1/s1. The summed E-state index contributed by atoms with van der Waals surface area (Å²) in [5.74, 6) is -0.315. The van der Waals surface area contributed by atoms with Crippen LogP contribution in [-0.4, -0.2) is 21.1 Å². The summed E-state index contributed by atoms with van der Waals surface area (Å²) in [4.78, 5) is 0.0352. The number of ether oxygens (including phenoxy) is 1. The van der Waals surface area contributed by atoms with Crippen molar-refractivity contribution in [1.29, 1.82) is 0 Å². The summed E-state index contributed by atoms with van der Waals surface area (Å²) in [7, 11) is -4.01. The van der Waals surface area contributed by atoms with Gasteiger partial charge in [0.1, 0.15) is 24.3 Å². The lowest BCUT2D eigenvalue weighted by molar-refractivity contribution is 0.168. The molecule has 3 rings (SSSR count). The molecule has 0 unspecified atom stereocenters. The van der Waals surface area contributed by atoms with E-state index in [4.69, 9.17) is 20.5 Å². The fraction of sp³-hybridized carbons (Fsp3) is 0.154. The number of rotatable bonds is 9. The summed E-state index contributed by atoms with van der Waals surface area (Å²) in [6, 6.07) is 16.1. The highest BCUT2D eigenvalue weighted by atomic mass is 35.5. The summed E-state index contributed by atoms with van der Waals surface area (Å²) in [6.45, 7) is 7.06. The van der Waals surface area contributed by atoms with E-state index in [1.54, 1.807) is 54.6 Å². The maximum atomic E-state index is 15.0. The first-order valence-electron chi connectivity index (χ1n) is 10.2. The minimum Gasteiger partial charge on any atom is -0.483 e. The van der Waals surface area contributed by atoms with Gasteiger partial charge in [-0.1, -0.05) is 66.2 Å². The Hall–Kier alpha value is -2.93. The van der Waals surface area contributed by atoms with Crippen LogP contribution in [0.4, 0.5) is 4.39 Å². The Morgan fingerprint density at radius 2 is 1.79 bits per heavy atom. The van der Waals surface area contributed by atoms with Crippen LogP contribution < -0.4 is 4.74 Å². The molecule has 0 bridgehead atoms. The van der Waals surface area contributed by atoms with Gasteiger partial charge >= 0.3 is 0 Å². The molecule has 0 radical (unpaired) electrons. The van der Waals surface area contributed by atoms with Crippen molar-refractivity contribution in [1.82, 2.24) is 0 Å². The Kier molecular flexibility index (Phi) is 8.08. The second-order valence-electron chi connectivity index (χ2n) is 7.26. The average Bonchev–Trinajstić information content (AvgIpc) is 2.79. The molecule has 0 spiro atoms. The predicted octanol–water partition coefficient (Wildman–Crippen LogP) is 6.83. The van der Waals surface area contributed by atoms with Crippen molar-refractivity contribution < 1.29 is 21.7 Å². The van der Waals surface area contributed by atoms with E-state index < -0.39 is 22.0 Å². The minimum absolute atomic E-state index is 0.0352. The van der Waals surface area contributed by atoms with Crippen molar-refractivity contribution in [3.63, 3.8) is 0 Å². The van der Waals surface area contributed by atoms with E-state index in [2.05, 4.69) is 6.58 Å². The molecule has 172 valence electrons. The molecule has 1 atom stereocenters. The zero-order valence-electron chi connectivity index (χ0n) is 18.3. The van der Waals surface area contributed by atoms with Crippen LogP contribution in [0.2, 0.25) is 5.02 Å². The quantitative estimate of drug-likeness (QED) is 0.246. The fourth-order valence-electron chi connectivity index (χ4n) is 3.16. The summed E-state index contributed by atoms with van der Waals surface area (Å²) in [6.07, 6.45) is 4.08. The van der Waals surface area contributed by atoms with E-state index in [1.807, 2.05) is 13.8 Å². The summed E-state index contributed by atoms with van der Waals surface area (Å²) in [5, 5.41) is 0.354. The third kappa shape index (κ3) is 5.90. The highest BCUT2D eigenvalue weighted by Gasteiger charge is 2.23. The van der Waals surface area contributed by atoms with Gasteiger partial charge in [0, 0.05) is 16.1 Å². The Labute approximate surface area is 199 Å². The topological polar surface area (TPSA) is 52.6 Å². The molecule has 0 heterocycles. The molecule has 0 N–H and O–H groups in total. The van der Waals surface area contributed by atoms with Gasteiger partial charge in [-0.15, -0.1) is 0 Å². The van der Waals surface area contributed by atoms with Gasteiger partial charge < -0.3 is 4.74 Å². The van der Waals surface area contributed by atoms with Crippen LogP contribution in [0.1, 0.15) is 18.1 Å². The van der Waals surface area contributed by atoms with Crippen LogP contribution in [0.5, 0.6) is 5.75 Å². The molecule has 0 aliphatic carbocycles. The zero-order valence-corrected chi connectivity index (χ0v) is 19.9. The van der Waals surface area contributed by atoms with Crippen molar-refractivity contribution in [3.8, 4) is 16.9 Å². The molecule has 0 aliphatic heterocycles. The van der Waals surface area contributed by atoms with Crippen molar-refractivity contribution in [2.45, 2.75) is 24.8 Å². The lowest BCUT2D eigenvalue weighted by Crippen LogP contribution is -2.23. The first-order valence-corrected chi connectivity index (χ1v) is 12.0. The third-order valence-electron chi connectivity index (χ3n) is 4.86. The largest absolute Gasteiger partial charge is 0.483 e. The van der Waals surface area contributed by atoms with E-state index in [0.29, 0.717) is 16.1 Å². The molecule has 0 saturated carbocycles. The molecule has 0 amide bonds. The summed E-state index contributed by atoms with van der Waals surface area (Å²) in [5.41, 5.74) is 2.15. The normalized spacial score (nSPS) is 12.6. The first-order chi connectivity index (χ1) is 15.8. The van der Waals surface area contributed by atoms with Crippen molar-refractivity contribution in [2.24, 2.45) is 0 Å². The maximum absolute atomic E-state index is 15.0. The molecule has 0 aromatic heterocycles. The number of halogens is 2. The lowest BCUT2D eigenvalue weighted by Gasteiger charge is -2.21. The molecule has 4 nitrogen and oxygen atoms in total. The monoisotopic (exact) mass is 486 g/mol. The molecule has 0 aliphatic rings. The zero-order chi connectivity index (χ0) is 24.0. The van der Waals surface area contributed by atoms with Crippen LogP contribution >= 0.6 is 11.6 Å². The molecule has 33 heavy (non-hydrogen) atoms. The lowest BCUT2D eigenvalue weighted by atomic mass is 10.00. The van der Waals surface area contributed by atoms with Crippen LogP contribution in [0.25, 0.3) is 17.2 Å². The van der Waals surface area contributed by atoms with E-state index in [1.165, 1.54) is 24.3 Å². The smallest absolute Gasteiger partial charge is 0.297 e. The summed E-state index contributed by atoms with van der Waals surface area (Å²) < 4.78 is 51.4. The van der Waals surface area contributed by atoms with E-state index in [0.717, 1.165) is 5.56 Å². The number of allylic oxidation sites excluding steroid dienone is 1. The number of hydrogen-bond acceptors (Lipinski definition) is 4. The van der Waals surface area contributed by atoms with Gasteiger partial charge in [-0.25, -0.2) is 4.39 Å². The van der Waals surface area contributed by atoms with Crippen LogP contribution in [-0.2, 0) is 14.3 Å². The Balaban J connectivity index is 1.95. The minimum atomic E-state index is -4.01. The van der Waals surface area contributed by atoms with Crippen LogP contribution in [0.3, 0.4) is 0 Å². The Bertz CT molecular complexity index is 1270. The summed E-state index contributed by atoms with van der Waals surface area (Å²) >= 11 is 6.34. The first kappa shape index (κ1) is 24.7. The van der Waals surface area contributed by atoms with Gasteiger partial charge in [0.2, 0.25) is 0 Å². The Morgan fingerprint density at radius 3 is 2.42 bits per heavy atom. The van der Waals surface area contributed by atoms with E-state index >= 15 is 4.39 Å². The van der Waals surface area contributed by atoms with Crippen molar-refractivity contribution in [2.75, 3.05) is 6.61 Å². The molecule has 7 heteroatoms. The van der Waals surface area contributed by atoms with Gasteiger partial charge in [0.05, 0.1) is 10.5 Å². The molecule has 0 fully saturated rings. The highest BCUT2D eigenvalue weighted by Crippen LogP contribution is 2.40. The second-order valence-corrected chi connectivity index (χ2v) is 9.29. The van der Waals surface area contributed by atoms with Crippen LogP contribution in [0, 0.1) is 12.7 Å². The van der Waals surface area contributed by atoms with E-state index in [9.17, 15) is 8.42 Å². The third-order valence-corrected chi connectivity index (χ3v) is 6.48. The van der Waals surface area contributed by atoms with Gasteiger partial charge in [-0.05, 0) is 50.3 Å². The number of hydrogen-bond donors (Lipinski definition) is 0. The number of aryl methyl sites for hydroxylation is 1. The maximum Gasteiger partial charge on any atom is 0.297 e. The number of benzene rings is 3. The van der Waals surface area contributed by atoms with Crippen molar-refractivity contribution in [3.05, 3.63) is 101 Å². The van der Waals surface area contributed by atoms with Crippen LogP contribution in [0.15, 0.2) is 84.3 Å². The second kappa shape index (κ2) is 10.8. The fourth-order valence-corrected chi connectivity index (χ4v) is 4.31.